The summed E-state index contributed by atoms with van der Waals surface area (Å²) in [5.74, 6) is -1.34. The van der Waals surface area contributed by atoms with Crippen molar-refractivity contribution >= 4 is 17.6 Å². The summed E-state index contributed by atoms with van der Waals surface area (Å²) in [6.45, 7) is 2.50. The quantitative estimate of drug-likeness (QED) is 0.874. The lowest BCUT2D eigenvalue weighted by Gasteiger charge is -2.27. The first-order valence-corrected chi connectivity index (χ1v) is 7.38. The third-order valence-corrected chi connectivity index (χ3v) is 3.85. The Morgan fingerprint density at radius 1 is 1.19 bits per heavy atom. The lowest BCUT2D eigenvalue weighted by Crippen LogP contribution is -2.36. The molecule has 0 bridgehead atoms. The molecule has 1 fully saturated rings. The molecule has 1 aliphatic rings. The zero-order valence-corrected chi connectivity index (χ0v) is 12.2. The van der Waals surface area contributed by atoms with Crippen molar-refractivity contribution in [2.24, 2.45) is 11.8 Å². The normalized spacial score (nSPS) is 21.6. The van der Waals surface area contributed by atoms with Crippen molar-refractivity contribution in [3.05, 3.63) is 24.3 Å². The van der Waals surface area contributed by atoms with Gasteiger partial charge in [-0.25, -0.2) is 0 Å². The van der Waals surface area contributed by atoms with E-state index in [4.69, 9.17) is 4.74 Å². The molecular formula is C16H21NO4. The standard InChI is InChI=1S/C16H21NO4/c1-2-21-12-9-7-11(8-10-12)17-15(18)13-5-3-4-6-14(13)16(19)20/h7-10,13-14H,2-6H2,1H3,(H,17,18)(H,19,20)/t13?,14-/m0/s1. The number of carbonyl (C=O) groups excluding carboxylic acids is 1. The van der Waals surface area contributed by atoms with Crippen LogP contribution in [-0.2, 0) is 9.59 Å². The van der Waals surface area contributed by atoms with Gasteiger partial charge in [-0.05, 0) is 44.0 Å². The molecule has 0 spiro atoms. The maximum atomic E-state index is 12.3. The molecule has 0 aliphatic heterocycles. The van der Waals surface area contributed by atoms with Crippen molar-refractivity contribution < 1.29 is 19.4 Å². The Labute approximate surface area is 124 Å². The number of amides is 1. The molecule has 5 heteroatoms. The van der Waals surface area contributed by atoms with E-state index >= 15 is 0 Å². The van der Waals surface area contributed by atoms with Gasteiger partial charge in [-0.3, -0.25) is 9.59 Å². The summed E-state index contributed by atoms with van der Waals surface area (Å²) in [6, 6.07) is 7.10. The van der Waals surface area contributed by atoms with E-state index in [-0.39, 0.29) is 5.91 Å². The third kappa shape index (κ3) is 3.97. The maximum absolute atomic E-state index is 12.3. The minimum Gasteiger partial charge on any atom is -0.494 e. The second-order valence-electron chi connectivity index (χ2n) is 5.28. The van der Waals surface area contributed by atoms with Crippen molar-refractivity contribution in [1.82, 2.24) is 0 Å². The summed E-state index contributed by atoms with van der Waals surface area (Å²) in [6.07, 6.45) is 3.01. The lowest BCUT2D eigenvalue weighted by molar-refractivity contribution is -0.147. The van der Waals surface area contributed by atoms with Crippen LogP contribution in [0.15, 0.2) is 24.3 Å². The number of rotatable bonds is 5. The highest BCUT2D eigenvalue weighted by molar-refractivity contribution is 5.95. The number of hydrogen-bond acceptors (Lipinski definition) is 3. The summed E-state index contributed by atoms with van der Waals surface area (Å²) in [5, 5.41) is 12.0. The minimum absolute atomic E-state index is 0.203. The second kappa shape index (κ2) is 7.11. The highest BCUT2D eigenvalue weighted by atomic mass is 16.5. The highest BCUT2D eigenvalue weighted by Crippen LogP contribution is 2.31. The number of nitrogens with one attached hydrogen (secondary N) is 1. The first kappa shape index (κ1) is 15.4. The predicted octanol–water partition coefficient (Wildman–Crippen LogP) is 2.91. The largest absolute Gasteiger partial charge is 0.494 e. The van der Waals surface area contributed by atoms with E-state index in [0.29, 0.717) is 25.1 Å². The van der Waals surface area contributed by atoms with Gasteiger partial charge in [0.2, 0.25) is 5.91 Å². The van der Waals surface area contributed by atoms with Crippen molar-refractivity contribution in [1.29, 1.82) is 0 Å². The molecular weight excluding hydrogens is 270 g/mol. The number of benzene rings is 1. The molecule has 2 rings (SSSR count). The molecule has 1 saturated carbocycles. The number of hydrogen-bond donors (Lipinski definition) is 2. The fourth-order valence-electron chi connectivity index (χ4n) is 2.78. The average molecular weight is 291 g/mol. The molecule has 1 aliphatic carbocycles. The van der Waals surface area contributed by atoms with E-state index in [1.54, 1.807) is 24.3 Å². The van der Waals surface area contributed by atoms with Crippen LogP contribution in [-0.4, -0.2) is 23.6 Å². The number of carboxylic acids is 1. The fraction of sp³-hybridized carbons (Fsp3) is 0.500. The van der Waals surface area contributed by atoms with Gasteiger partial charge in [-0.1, -0.05) is 12.8 Å². The highest BCUT2D eigenvalue weighted by Gasteiger charge is 2.35. The Morgan fingerprint density at radius 3 is 2.38 bits per heavy atom. The van der Waals surface area contributed by atoms with E-state index < -0.39 is 17.8 Å². The number of carboxylic acid groups (broad SMARTS) is 1. The molecule has 5 nitrogen and oxygen atoms in total. The van der Waals surface area contributed by atoms with E-state index in [2.05, 4.69) is 5.32 Å². The van der Waals surface area contributed by atoms with E-state index in [1.165, 1.54) is 0 Å². The molecule has 21 heavy (non-hydrogen) atoms. The Kier molecular flexibility index (Phi) is 5.20. The van der Waals surface area contributed by atoms with Crippen molar-refractivity contribution in [3.8, 4) is 5.75 Å². The molecule has 2 atom stereocenters. The summed E-state index contributed by atoms with van der Waals surface area (Å²) in [4.78, 5) is 23.5. The van der Waals surface area contributed by atoms with Crippen LogP contribution in [0, 0.1) is 11.8 Å². The molecule has 1 amide bonds. The van der Waals surface area contributed by atoms with Gasteiger partial charge in [-0.15, -0.1) is 0 Å². The van der Waals surface area contributed by atoms with Gasteiger partial charge < -0.3 is 15.2 Å². The van der Waals surface area contributed by atoms with Crippen LogP contribution in [0.5, 0.6) is 5.75 Å². The van der Waals surface area contributed by atoms with Crippen LogP contribution >= 0.6 is 0 Å². The number of ether oxygens (including phenoxy) is 1. The van der Waals surface area contributed by atoms with Gasteiger partial charge >= 0.3 is 5.97 Å². The molecule has 2 N–H and O–H groups in total. The molecule has 1 aromatic carbocycles. The van der Waals surface area contributed by atoms with Crippen molar-refractivity contribution in [3.63, 3.8) is 0 Å². The second-order valence-corrected chi connectivity index (χ2v) is 5.28. The fourth-order valence-corrected chi connectivity index (χ4v) is 2.78. The van der Waals surface area contributed by atoms with Gasteiger partial charge in [0.1, 0.15) is 5.75 Å². The summed E-state index contributed by atoms with van der Waals surface area (Å²) < 4.78 is 5.34. The zero-order valence-electron chi connectivity index (χ0n) is 12.2. The van der Waals surface area contributed by atoms with Gasteiger partial charge in [0.05, 0.1) is 18.4 Å². The molecule has 1 aromatic rings. The Bertz CT molecular complexity index is 498. The predicted molar refractivity (Wildman–Crippen MR) is 79.3 cm³/mol. The van der Waals surface area contributed by atoms with Crippen LogP contribution in [0.3, 0.4) is 0 Å². The van der Waals surface area contributed by atoms with Crippen molar-refractivity contribution in [2.45, 2.75) is 32.6 Å². The van der Waals surface area contributed by atoms with Crippen molar-refractivity contribution in [2.75, 3.05) is 11.9 Å². The lowest BCUT2D eigenvalue weighted by atomic mass is 9.78. The van der Waals surface area contributed by atoms with Crippen LogP contribution in [0.1, 0.15) is 32.6 Å². The molecule has 1 unspecified atom stereocenters. The van der Waals surface area contributed by atoms with E-state index in [9.17, 15) is 14.7 Å². The summed E-state index contributed by atoms with van der Waals surface area (Å²) in [5.41, 5.74) is 0.665. The van der Waals surface area contributed by atoms with Crippen LogP contribution in [0.2, 0.25) is 0 Å². The summed E-state index contributed by atoms with van der Waals surface area (Å²) in [7, 11) is 0. The average Bonchev–Trinajstić information content (AvgIpc) is 2.49. The maximum Gasteiger partial charge on any atom is 0.307 e. The van der Waals surface area contributed by atoms with Gasteiger partial charge in [0.25, 0.3) is 0 Å². The Morgan fingerprint density at radius 2 is 1.81 bits per heavy atom. The first-order chi connectivity index (χ1) is 10.1. The molecule has 0 aromatic heterocycles. The van der Waals surface area contributed by atoms with Gasteiger partial charge in [0, 0.05) is 5.69 Å². The first-order valence-electron chi connectivity index (χ1n) is 7.38. The zero-order chi connectivity index (χ0) is 15.2. The molecule has 0 radical (unpaired) electrons. The van der Waals surface area contributed by atoms with E-state index in [0.717, 1.165) is 18.6 Å². The Hall–Kier alpha value is -2.04. The van der Waals surface area contributed by atoms with Crippen LogP contribution < -0.4 is 10.1 Å². The smallest absolute Gasteiger partial charge is 0.307 e. The minimum atomic E-state index is -0.874. The van der Waals surface area contributed by atoms with Gasteiger partial charge in [-0.2, -0.15) is 0 Å². The molecule has 114 valence electrons. The molecule has 0 saturated heterocycles. The number of carbonyl (C=O) groups is 2. The number of aliphatic carboxylic acids is 1. The molecule has 0 heterocycles. The Balaban J connectivity index is 2.00. The van der Waals surface area contributed by atoms with E-state index in [1.807, 2.05) is 6.92 Å². The van der Waals surface area contributed by atoms with Crippen LogP contribution in [0.25, 0.3) is 0 Å². The monoisotopic (exact) mass is 291 g/mol. The SMILES string of the molecule is CCOc1ccc(NC(=O)C2CCCC[C@@H]2C(=O)O)cc1. The summed E-state index contributed by atoms with van der Waals surface area (Å²) >= 11 is 0. The third-order valence-electron chi connectivity index (χ3n) is 3.85. The number of anilines is 1. The topological polar surface area (TPSA) is 75.6 Å². The van der Waals surface area contributed by atoms with Crippen LogP contribution in [0.4, 0.5) is 5.69 Å². The van der Waals surface area contributed by atoms with Gasteiger partial charge in [0.15, 0.2) is 0 Å².